The highest BCUT2D eigenvalue weighted by Crippen LogP contribution is 2.37. The summed E-state index contributed by atoms with van der Waals surface area (Å²) >= 11 is 4.69. The first-order chi connectivity index (χ1) is 8.69. The molecule has 1 aliphatic rings. The number of ether oxygens (including phenoxy) is 1. The molecular weight excluding hydrogens is 246 g/mol. The molecule has 98 valence electrons. The number of benzene rings is 1. The molecule has 0 bridgehead atoms. The van der Waals surface area contributed by atoms with Crippen LogP contribution in [0.1, 0.15) is 24.8 Å². The van der Waals surface area contributed by atoms with Gasteiger partial charge in [0.25, 0.3) is 0 Å². The van der Waals surface area contributed by atoms with Gasteiger partial charge in [0.1, 0.15) is 0 Å². The molecule has 1 N–H and O–H groups in total. The highest BCUT2D eigenvalue weighted by atomic mass is 32.1. The Labute approximate surface area is 113 Å². The Bertz CT molecular complexity index is 404. The molecular formula is C14H19NO2S. The van der Waals surface area contributed by atoms with Gasteiger partial charge in [-0.15, -0.1) is 0 Å². The van der Waals surface area contributed by atoms with Crippen molar-refractivity contribution >= 4 is 18.6 Å². The van der Waals surface area contributed by atoms with Crippen molar-refractivity contribution in [2.45, 2.75) is 30.1 Å². The van der Waals surface area contributed by atoms with Gasteiger partial charge in [0.05, 0.1) is 7.11 Å². The maximum Gasteiger partial charge on any atom is 0.327 e. The SMILES string of the molecule is COC(=O)[C@@](S)(c1ccccc1)[C@@H]1CCCCN1. The molecule has 0 aliphatic carbocycles. The van der Waals surface area contributed by atoms with E-state index in [-0.39, 0.29) is 12.0 Å². The molecule has 0 spiro atoms. The van der Waals surface area contributed by atoms with Gasteiger partial charge in [0, 0.05) is 6.04 Å². The lowest BCUT2D eigenvalue weighted by atomic mass is 9.85. The molecule has 1 aromatic rings. The monoisotopic (exact) mass is 265 g/mol. The fourth-order valence-corrected chi connectivity index (χ4v) is 2.98. The molecule has 1 saturated heterocycles. The van der Waals surface area contributed by atoms with Gasteiger partial charge >= 0.3 is 5.97 Å². The van der Waals surface area contributed by atoms with Gasteiger partial charge in [-0.1, -0.05) is 36.8 Å². The number of carbonyl (C=O) groups is 1. The van der Waals surface area contributed by atoms with E-state index in [4.69, 9.17) is 4.74 Å². The fraction of sp³-hybridized carbons (Fsp3) is 0.500. The third kappa shape index (κ3) is 2.40. The van der Waals surface area contributed by atoms with Crippen molar-refractivity contribution in [3.05, 3.63) is 35.9 Å². The van der Waals surface area contributed by atoms with E-state index in [0.29, 0.717) is 0 Å². The summed E-state index contributed by atoms with van der Waals surface area (Å²) in [5.41, 5.74) is 0.889. The van der Waals surface area contributed by atoms with E-state index in [2.05, 4.69) is 17.9 Å². The van der Waals surface area contributed by atoms with E-state index < -0.39 is 4.75 Å². The van der Waals surface area contributed by atoms with Crippen LogP contribution in [-0.4, -0.2) is 25.7 Å². The number of methoxy groups -OCH3 is 1. The molecule has 2 rings (SSSR count). The van der Waals surface area contributed by atoms with E-state index in [1.54, 1.807) is 0 Å². The summed E-state index contributed by atoms with van der Waals surface area (Å²) in [6.45, 7) is 0.927. The van der Waals surface area contributed by atoms with Gasteiger partial charge in [-0.3, -0.25) is 4.79 Å². The molecule has 0 saturated carbocycles. The Morgan fingerprint density at radius 1 is 1.39 bits per heavy atom. The maximum atomic E-state index is 12.2. The highest BCUT2D eigenvalue weighted by Gasteiger charge is 2.45. The molecule has 3 nitrogen and oxygen atoms in total. The van der Waals surface area contributed by atoms with Crippen LogP contribution >= 0.6 is 12.6 Å². The highest BCUT2D eigenvalue weighted by molar-refractivity contribution is 7.82. The number of hydrogen-bond donors (Lipinski definition) is 2. The summed E-state index contributed by atoms with van der Waals surface area (Å²) < 4.78 is 4.06. The van der Waals surface area contributed by atoms with Crippen LogP contribution < -0.4 is 5.32 Å². The van der Waals surface area contributed by atoms with Crippen LogP contribution in [0.5, 0.6) is 0 Å². The van der Waals surface area contributed by atoms with Crippen LogP contribution in [-0.2, 0) is 14.3 Å². The number of thiol groups is 1. The average molecular weight is 265 g/mol. The Morgan fingerprint density at radius 3 is 2.67 bits per heavy atom. The molecule has 1 aliphatic heterocycles. The zero-order chi connectivity index (χ0) is 13.0. The molecule has 18 heavy (non-hydrogen) atoms. The van der Waals surface area contributed by atoms with E-state index in [1.807, 2.05) is 30.3 Å². The van der Waals surface area contributed by atoms with Crippen molar-refractivity contribution in [1.82, 2.24) is 5.32 Å². The fourth-order valence-electron chi connectivity index (χ4n) is 2.52. The first-order valence-electron chi connectivity index (χ1n) is 6.29. The Balaban J connectivity index is 2.36. The molecule has 2 atom stereocenters. The summed E-state index contributed by atoms with van der Waals surface area (Å²) in [5.74, 6) is -0.295. The van der Waals surface area contributed by atoms with Crippen molar-refractivity contribution in [1.29, 1.82) is 0 Å². The molecule has 0 aromatic heterocycles. The number of rotatable bonds is 3. The number of esters is 1. The molecule has 1 heterocycles. The number of hydrogen-bond acceptors (Lipinski definition) is 4. The van der Waals surface area contributed by atoms with Gasteiger partial charge in [0.15, 0.2) is 4.75 Å². The van der Waals surface area contributed by atoms with Crippen molar-refractivity contribution in [3.63, 3.8) is 0 Å². The zero-order valence-electron chi connectivity index (χ0n) is 10.6. The second-order valence-corrected chi connectivity index (χ2v) is 5.33. The maximum absolute atomic E-state index is 12.2. The average Bonchev–Trinajstić information content (AvgIpc) is 2.47. The lowest BCUT2D eigenvalue weighted by Crippen LogP contribution is -2.52. The molecule has 0 radical (unpaired) electrons. The molecule has 1 aromatic carbocycles. The Kier molecular flexibility index (Phi) is 4.30. The molecule has 0 amide bonds. The Morgan fingerprint density at radius 2 is 2.11 bits per heavy atom. The van der Waals surface area contributed by atoms with Crippen LogP contribution in [0.25, 0.3) is 0 Å². The van der Waals surface area contributed by atoms with E-state index in [1.165, 1.54) is 7.11 Å². The molecule has 4 heteroatoms. The van der Waals surface area contributed by atoms with Gasteiger partial charge in [-0.25, -0.2) is 0 Å². The predicted molar refractivity (Wildman–Crippen MR) is 74.8 cm³/mol. The lowest BCUT2D eigenvalue weighted by Gasteiger charge is -2.37. The smallest absolute Gasteiger partial charge is 0.327 e. The second-order valence-electron chi connectivity index (χ2n) is 4.63. The first kappa shape index (κ1) is 13.4. The quantitative estimate of drug-likeness (QED) is 0.649. The van der Waals surface area contributed by atoms with Gasteiger partial charge < -0.3 is 10.1 Å². The summed E-state index contributed by atoms with van der Waals surface area (Å²) in [4.78, 5) is 12.2. The summed E-state index contributed by atoms with van der Waals surface area (Å²) in [6.07, 6.45) is 3.20. The topological polar surface area (TPSA) is 38.3 Å². The third-order valence-corrected chi connectivity index (χ3v) is 4.28. The number of carbonyl (C=O) groups excluding carboxylic acids is 1. The third-order valence-electron chi connectivity index (χ3n) is 3.53. The minimum Gasteiger partial charge on any atom is -0.468 e. The lowest BCUT2D eigenvalue weighted by molar-refractivity contribution is -0.144. The van der Waals surface area contributed by atoms with Gasteiger partial charge in [-0.05, 0) is 24.9 Å². The predicted octanol–water partition coefficient (Wildman–Crippen LogP) is 2.13. The number of nitrogens with one attached hydrogen (secondary N) is 1. The zero-order valence-corrected chi connectivity index (χ0v) is 11.5. The standard InChI is InChI=1S/C14H19NO2S/c1-17-13(16)14(18,11-7-3-2-4-8-11)12-9-5-6-10-15-12/h2-4,7-8,12,15,18H,5-6,9-10H2,1H3/t12-,14+/m0/s1. The van der Waals surface area contributed by atoms with Crippen LogP contribution in [0.3, 0.4) is 0 Å². The molecule has 0 unspecified atom stereocenters. The minimum absolute atomic E-state index is 0.0180. The first-order valence-corrected chi connectivity index (χ1v) is 6.74. The summed E-state index contributed by atoms with van der Waals surface area (Å²) in [6, 6.07) is 9.66. The largest absolute Gasteiger partial charge is 0.468 e. The van der Waals surface area contributed by atoms with Crippen molar-refractivity contribution in [2.75, 3.05) is 13.7 Å². The summed E-state index contributed by atoms with van der Waals surface area (Å²) in [5, 5.41) is 3.40. The van der Waals surface area contributed by atoms with Crippen molar-refractivity contribution < 1.29 is 9.53 Å². The van der Waals surface area contributed by atoms with Crippen LogP contribution in [0, 0.1) is 0 Å². The van der Waals surface area contributed by atoms with Crippen molar-refractivity contribution in [2.24, 2.45) is 0 Å². The Hall–Kier alpha value is -1.00. The minimum atomic E-state index is -0.906. The van der Waals surface area contributed by atoms with Crippen LogP contribution in [0.15, 0.2) is 30.3 Å². The van der Waals surface area contributed by atoms with E-state index >= 15 is 0 Å². The van der Waals surface area contributed by atoms with Crippen LogP contribution in [0.2, 0.25) is 0 Å². The number of piperidine rings is 1. The van der Waals surface area contributed by atoms with Gasteiger partial charge in [0.2, 0.25) is 0 Å². The normalized spacial score (nSPS) is 23.1. The molecule has 1 fully saturated rings. The van der Waals surface area contributed by atoms with Crippen LogP contribution in [0.4, 0.5) is 0 Å². The van der Waals surface area contributed by atoms with Gasteiger partial charge in [-0.2, -0.15) is 12.6 Å². The van der Waals surface area contributed by atoms with E-state index in [0.717, 1.165) is 31.4 Å². The van der Waals surface area contributed by atoms with E-state index in [9.17, 15) is 4.79 Å². The van der Waals surface area contributed by atoms with Crippen molar-refractivity contribution in [3.8, 4) is 0 Å². The summed E-state index contributed by atoms with van der Waals surface area (Å²) in [7, 11) is 1.42. The second kappa shape index (κ2) is 5.76.